The molecule has 2 N–H and O–H groups in total. The summed E-state index contributed by atoms with van der Waals surface area (Å²) in [5, 5.41) is 4.13. The standard InChI is InChI=1S/C22H25FN4/c23-22-14-19(6-7-20(22)16-27-11-1-10-25-27)18-4-2-17(3-5-18)15-26-12-8-21(24)9-13-26/h1-7,10-11,14,21H,8-9,12-13,15-16,24H2. The Hall–Kier alpha value is -2.50. The molecule has 0 saturated carbocycles. The average molecular weight is 364 g/mol. The first-order valence-electron chi connectivity index (χ1n) is 9.50. The van der Waals surface area contributed by atoms with Crippen LogP contribution >= 0.6 is 0 Å². The number of hydrogen-bond donors (Lipinski definition) is 1. The molecule has 2 heterocycles. The molecule has 3 aromatic rings. The van der Waals surface area contributed by atoms with Crippen molar-refractivity contribution >= 4 is 0 Å². The van der Waals surface area contributed by atoms with Crippen molar-refractivity contribution in [1.82, 2.24) is 14.7 Å². The number of aromatic nitrogens is 2. The van der Waals surface area contributed by atoms with Gasteiger partial charge in [0.25, 0.3) is 0 Å². The van der Waals surface area contributed by atoms with Crippen LogP contribution in [0.2, 0.25) is 0 Å². The first-order chi connectivity index (χ1) is 13.2. The third kappa shape index (κ3) is 4.43. The smallest absolute Gasteiger partial charge is 0.128 e. The van der Waals surface area contributed by atoms with Crippen molar-refractivity contribution in [1.29, 1.82) is 0 Å². The van der Waals surface area contributed by atoms with Gasteiger partial charge in [-0.1, -0.05) is 36.4 Å². The fourth-order valence-electron chi connectivity index (χ4n) is 3.60. The maximum absolute atomic E-state index is 14.5. The Morgan fingerprint density at radius 3 is 2.41 bits per heavy atom. The molecule has 1 aliphatic heterocycles. The molecule has 0 aliphatic carbocycles. The molecule has 4 nitrogen and oxygen atoms in total. The van der Waals surface area contributed by atoms with Crippen molar-refractivity contribution in [2.45, 2.75) is 32.0 Å². The van der Waals surface area contributed by atoms with Crippen LogP contribution in [0.15, 0.2) is 60.9 Å². The van der Waals surface area contributed by atoms with E-state index in [-0.39, 0.29) is 5.82 Å². The molecular formula is C22H25FN4. The van der Waals surface area contributed by atoms with E-state index in [0.29, 0.717) is 18.2 Å². The second kappa shape index (κ2) is 8.03. The van der Waals surface area contributed by atoms with Crippen LogP contribution in [-0.4, -0.2) is 33.8 Å². The lowest BCUT2D eigenvalue weighted by Gasteiger charge is -2.30. The predicted octanol–water partition coefficient (Wildman–Crippen LogP) is 3.66. The van der Waals surface area contributed by atoms with Gasteiger partial charge in [-0.2, -0.15) is 5.10 Å². The van der Waals surface area contributed by atoms with Crippen molar-refractivity contribution in [3.8, 4) is 11.1 Å². The maximum Gasteiger partial charge on any atom is 0.128 e. The highest BCUT2D eigenvalue weighted by Gasteiger charge is 2.16. The van der Waals surface area contributed by atoms with Crippen molar-refractivity contribution in [2.75, 3.05) is 13.1 Å². The summed E-state index contributed by atoms with van der Waals surface area (Å²) in [6, 6.07) is 16.1. The van der Waals surface area contributed by atoms with E-state index in [9.17, 15) is 4.39 Å². The largest absolute Gasteiger partial charge is 0.328 e. The molecule has 1 saturated heterocycles. The highest BCUT2D eigenvalue weighted by atomic mass is 19.1. The van der Waals surface area contributed by atoms with E-state index in [1.165, 1.54) is 5.56 Å². The zero-order valence-electron chi connectivity index (χ0n) is 15.4. The number of nitrogens with zero attached hydrogens (tertiary/aromatic N) is 3. The summed E-state index contributed by atoms with van der Waals surface area (Å²) in [4.78, 5) is 2.45. The van der Waals surface area contributed by atoms with Crippen LogP contribution in [0, 0.1) is 5.82 Å². The van der Waals surface area contributed by atoms with Gasteiger partial charge in [0.15, 0.2) is 0 Å². The Kier molecular flexibility index (Phi) is 5.32. The molecule has 1 fully saturated rings. The van der Waals surface area contributed by atoms with Gasteiger partial charge in [-0.3, -0.25) is 9.58 Å². The number of rotatable bonds is 5. The first kappa shape index (κ1) is 17.9. The third-order valence-electron chi connectivity index (χ3n) is 5.27. The van der Waals surface area contributed by atoms with Gasteiger partial charge in [0.2, 0.25) is 0 Å². The minimum absolute atomic E-state index is 0.197. The molecule has 1 aliphatic rings. The Labute approximate surface area is 159 Å². The molecule has 4 rings (SSSR count). The maximum atomic E-state index is 14.5. The molecule has 0 spiro atoms. The second-order valence-electron chi connectivity index (χ2n) is 7.32. The van der Waals surface area contributed by atoms with Crippen LogP contribution in [0.5, 0.6) is 0 Å². The number of hydrogen-bond acceptors (Lipinski definition) is 3. The van der Waals surface area contributed by atoms with E-state index < -0.39 is 0 Å². The topological polar surface area (TPSA) is 47.1 Å². The highest BCUT2D eigenvalue weighted by Crippen LogP contribution is 2.23. The number of nitrogens with two attached hydrogens (primary N) is 1. The van der Waals surface area contributed by atoms with Crippen LogP contribution in [0.1, 0.15) is 24.0 Å². The van der Waals surface area contributed by atoms with Gasteiger partial charge in [-0.15, -0.1) is 0 Å². The summed E-state index contributed by atoms with van der Waals surface area (Å²) in [7, 11) is 0. The third-order valence-corrected chi connectivity index (χ3v) is 5.27. The van der Waals surface area contributed by atoms with E-state index in [2.05, 4.69) is 34.3 Å². The number of likely N-dealkylation sites (tertiary alicyclic amines) is 1. The molecule has 140 valence electrons. The van der Waals surface area contributed by atoms with E-state index in [1.807, 2.05) is 24.4 Å². The van der Waals surface area contributed by atoms with Crippen LogP contribution < -0.4 is 5.73 Å². The van der Waals surface area contributed by atoms with Gasteiger partial charge >= 0.3 is 0 Å². The summed E-state index contributed by atoms with van der Waals surface area (Å²) in [6.07, 6.45) is 5.68. The normalized spacial score (nSPS) is 15.9. The number of piperidine rings is 1. The average Bonchev–Trinajstić information content (AvgIpc) is 3.19. The SMILES string of the molecule is NC1CCN(Cc2ccc(-c3ccc(Cn4cccn4)c(F)c3)cc2)CC1. The predicted molar refractivity (Wildman–Crippen MR) is 106 cm³/mol. The molecule has 1 aromatic heterocycles. The highest BCUT2D eigenvalue weighted by molar-refractivity contribution is 5.64. The van der Waals surface area contributed by atoms with Gasteiger partial charge in [-0.05, 0) is 54.8 Å². The fraction of sp³-hybridized carbons (Fsp3) is 0.318. The van der Waals surface area contributed by atoms with E-state index in [0.717, 1.165) is 43.6 Å². The first-order valence-corrected chi connectivity index (χ1v) is 9.50. The van der Waals surface area contributed by atoms with Crippen LogP contribution in [0.3, 0.4) is 0 Å². The van der Waals surface area contributed by atoms with Gasteiger partial charge in [0.05, 0.1) is 6.54 Å². The summed E-state index contributed by atoms with van der Waals surface area (Å²) >= 11 is 0. The van der Waals surface area contributed by atoms with E-state index in [1.54, 1.807) is 16.9 Å². The molecule has 0 bridgehead atoms. The second-order valence-corrected chi connectivity index (χ2v) is 7.32. The van der Waals surface area contributed by atoms with Crippen molar-refractivity contribution < 1.29 is 4.39 Å². The Balaban J connectivity index is 1.43. The molecule has 5 heteroatoms. The lowest BCUT2D eigenvalue weighted by atomic mass is 10.0. The zero-order chi connectivity index (χ0) is 18.6. The lowest BCUT2D eigenvalue weighted by molar-refractivity contribution is 0.205. The van der Waals surface area contributed by atoms with Gasteiger partial charge in [0.1, 0.15) is 5.82 Å². The molecule has 0 unspecified atom stereocenters. The summed E-state index contributed by atoms with van der Waals surface area (Å²) in [6.45, 7) is 3.51. The Bertz CT molecular complexity index is 866. The summed E-state index contributed by atoms with van der Waals surface area (Å²) < 4.78 is 16.2. The molecule has 27 heavy (non-hydrogen) atoms. The number of benzene rings is 2. The van der Waals surface area contributed by atoms with E-state index >= 15 is 0 Å². The van der Waals surface area contributed by atoms with Crippen LogP contribution in [0.25, 0.3) is 11.1 Å². The molecule has 0 radical (unpaired) electrons. The van der Waals surface area contributed by atoms with Crippen LogP contribution in [0.4, 0.5) is 4.39 Å². The van der Waals surface area contributed by atoms with E-state index in [4.69, 9.17) is 5.73 Å². The Morgan fingerprint density at radius 2 is 1.74 bits per heavy atom. The quantitative estimate of drug-likeness (QED) is 0.752. The van der Waals surface area contributed by atoms with Gasteiger partial charge in [-0.25, -0.2) is 4.39 Å². The Morgan fingerprint density at radius 1 is 1.00 bits per heavy atom. The summed E-state index contributed by atoms with van der Waals surface area (Å²) in [5.41, 5.74) is 9.82. The van der Waals surface area contributed by atoms with Crippen LogP contribution in [-0.2, 0) is 13.1 Å². The lowest BCUT2D eigenvalue weighted by Crippen LogP contribution is -2.39. The fourth-order valence-corrected chi connectivity index (χ4v) is 3.60. The van der Waals surface area contributed by atoms with Gasteiger partial charge < -0.3 is 5.73 Å². The van der Waals surface area contributed by atoms with Gasteiger partial charge in [0, 0.05) is 30.5 Å². The van der Waals surface area contributed by atoms with Crippen molar-refractivity contribution in [3.63, 3.8) is 0 Å². The zero-order valence-corrected chi connectivity index (χ0v) is 15.4. The molecular weight excluding hydrogens is 339 g/mol. The molecule has 0 atom stereocenters. The molecule has 0 amide bonds. The van der Waals surface area contributed by atoms with Crippen molar-refractivity contribution in [2.24, 2.45) is 5.73 Å². The monoisotopic (exact) mass is 364 g/mol. The summed E-state index contributed by atoms with van der Waals surface area (Å²) in [5.74, 6) is -0.197. The van der Waals surface area contributed by atoms with Crippen molar-refractivity contribution in [3.05, 3.63) is 77.9 Å². The number of halogens is 1. The minimum Gasteiger partial charge on any atom is -0.328 e. The minimum atomic E-state index is -0.197. The molecule has 2 aromatic carbocycles.